The summed E-state index contributed by atoms with van der Waals surface area (Å²) < 4.78 is 46.0. The van der Waals surface area contributed by atoms with Crippen LogP contribution in [-0.4, -0.2) is 40.0 Å². The van der Waals surface area contributed by atoms with Crippen molar-refractivity contribution in [3.63, 3.8) is 0 Å². The van der Waals surface area contributed by atoms with Gasteiger partial charge in [0.2, 0.25) is 0 Å². The number of anilines is 1. The number of benzene rings is 1. The van der Waals surface area contributed by atoms with E-state index in [1.807, 2.05) is 0 Å². The quantitative estimate of drug-likeness (QED) is 0.620. The maximum atomic E-state index is 13.0. The first-order valence-electron chi connectivity index (χ1n) is 9.94. The van der Waals surface area contributed by atoms with Gasteiger partial charge in [-0.15, -0.1) is 0 Å². The molecule has 10 heteroatoms. The Hall–Kier alpha value is -3.14. The lowest BCUT2D eigenvalue weighted by molar-refractivity contribution is -0.137. The molecule has 0 aliphatic carbocycles. The first kappa shape index (κ1) is 21.1. The van der Waals surface area contributed by atoms with Crippen molar-refractivity contribution in [2.45, 2.75) is 25.6 Å². The molecular weight excluding hydrogens is 411 g/mol. The molecule has 0 radical (unpaired) electrons. The van der Waals surface area contributed by atoms with E-state index in [0.29, 0.717) is 42.7 Å². The molecule has 1 amide bonds. The second kappa shape index (κ2) is 8.54. The van der Waals surface area contributed by atoms with Crippen molar-refractivity contribution in [3.05, 3.63) is 59.7 Å². The number of ether oxygens (including phenoxy) is 1. The van der Waals surface area contributed by atoms with Crippen LogP contribution >= 0.6 is 0 Å². The predicted octanol–water partition coefficient (Wildman–Crippen LogP) is 3.69. The number of hydrogen-bond acceptors (Lipinski definition) is 5. The van der Waals surface area contributed by atoms with Gasteiger partial charge in [0.25, 0.3) is 5.91 Å². The Morgan fingerprint density at radius 3 is 2.97 bits per heavy atom. The van der Waals surface area contributed by atoms with Crippen molar-refractivity contribution in [2.75, 3.05) is 25.1 Å². The van der Waals surface area contributed by atoms with Crippen LogP contribution in [0.1, 0.15) is 41.0 Å². The summed E-state index contributed by atoms with van der Waals surface area (Å²) in [5.41, 5.74) is 0.400. The minimum Gasteiger partial charge on any atom is -0.381 e. The Bertz CT molecular complexity index is 1080. The molecule has 1 aromatic carbocycles. The van der Waals surface area contributed by atoms with Crippen LogP contribution in [0.2, 0.25) is 0 Å². The van der Waals surface area contributed by atoms with Crippen molar-refractivity contribution < 1.29 is 22.7 Å². The lowest BCUT2D eigenvalue weighted by atomic mass is 10.0. The molecule has 2 atom stereocenters. The average molecular weight is 433 g/mol. The summed E-state index contributed by atoms with van der Waals surface area (Å²) in [6.45, 7) is 3.60. The molecule has 1 aliphatic heterocycles. The summed E-state index contributed by atoms with van der Waals surface area (Å²) in [5.74, 6) is 0.372. The number of amides is 1. The van der Waals surface area contributed by atoms with Crippen molar-refractivity contribution in [3.8, 4) is 0 Å². The SMILES string of the molecule is C[C@@H](Nc1nccn2cc(C(=O)NC[C@H]3CCOC3)nc12)c1cccc(C(F)(F)F)c1. The van der Waals surface area contributed by atoms with Gasteiger partial charge in [0.1, 0.15) is 5.69 Å². The highest BCUT2D eigenvalue weighted by molar-refractivity contribution is 5.93. The maximum Gasteiger partial charge on any atom is 0.416 e. The van der Waals surface area contributed by atoms with Crippen LogP contribution in [-0.2, 0) is 10.9 Å². The third-order valence-electron chi connectivity index (χ3n) is 5.25. The number of aromatic nitrogens is 3. The molecule has 7 nitrogen and oxygen atoms in total. The molecule has 4 rings (SSSR count). The number of carbonyl (C=O) groups excluding carboxylic acids is 1. The van der Waals surface area contributed by atoms with Crippen molar-refractivity contribution in [1.82, 2.24) is 19.7 Å². The van der Waals surface area contributed by atoms with E-state index in [1.54, 1.807) is 29.8 Å². The second-order valence-electron chi connectivity index (χ2n) is 7.56. The summed E-state index contributed by atoms with van der Waals surface area (Å²) in [6, 6.07) is 4.67. The molecule has 1 fully saturated rings. The van der Waals surface area contributed by atoms with Crippen LogP contribution in [0.15, 0.2) is 42.9 Å². The summed E-state index contributed by atoms with van der Waals surface area (Å²) in [6.07, 6.45) is 1.29. The van der Waals surface area contributed by atoms with Crippen molar-refractivity contribution in [1.29, 1.82) is 0 Å². The highest BCUT2D eigenvalue weighted by Gasteiger charge is 2.30. The van der Waals surface area contributed by atoms with Crippen LogP contribution < -0.4 is 10.6 Å². The fourth-order valence-corrected chi connectivity index (χ4v) is 3.48. The molecular formula is C21H22F3N5O2. The Labute approximate surface area is 176 Å². The van der Waals surface area contributed by atoms with Crippen molar-refractivity contribution in [2.24, 2.45) is 5.92 Å². The molecule has 2 aromatic heterocycles. The monoisotopic (exact) mass is 433 g/mol. The first-order valence-corrected chi connectivity index (χ1v) is 9.94. The maximum absolute atomic E-state index is 13.0. The van der Waals surface area contributed by atoms with Gasteiger partial charge in [-0.2, -0.15) is 13.2 Å². The zero-order valence-electron chi connectivity index (χ0n) is 16.8. The largest absolute Gasteiger partial charge is 0.416 e. The highest BCUT2D eigenvalue weighted by atomic mass is 19.4. The molecule has 3 aromatic rings. The van der Waals surface area contributed by atoms with Crippen LogP contribution in [0.25, 0.3) is 5.65 Å². The van der Waals surface area contributed by atoms with E-state index < -0.39 is 17.8 Å². The molecule has 31 heavy (non-hydrogen) atoms. The normalized spacial score (nSPS) is 17.6. The van der Waals surface area contributed by atoms with Crippen LogP contribution in [0.3, 0.4) is 0 Å². The van der Waals surface area contributed by atoms with E-state index in [9.17, 15) is 18.0 Å². The number of alkyl halides is 3. The molecule has 0 saturated carbocycles. The Kier molecular flexibility index (Phi) is 5.81. The Balaban J connectivity index is 1.51. The Morgan fingerprint density at radius 2 is 2.23 bits per heavy atom. The average Bonchev–Trinajstić information content (AvgIpc) is 3.42. The summed E-state index contributed by atoms with van der Waals surface area (Å²) >= 11 is 0. The number of rotatable bonds is 6. The summed E-state index contributed by atoms with van der Waals surface area (Å²) in [4.78, 5) is 21.1. The van der Waals surface area contributed by atoms with Crippen molar-refractivity contribution >= 4 is 17.4 Å². The fourth-order valence-electron chi connectivity index (χ4n) is 3.48. The number of carbonyl (C=O) groups is 1. The molecule has 164 valence electrons. The van der Waals surface area contributed by atoms with E-state index in [0.717, 1.165) is 18.6 Å². The Morgan fingerprint density at radius 1 is 1.39 bits per heavy atom. The van der Waals surface area contributed by atoms with E-state index in [1.165, 1.54) is 12.3 Å². The van der Waals surface area contributed by atoms with Gasteiger partial charge in [0.05, 0.1) is 18.2 Å². The molecule has 0 bridgehead atoms. The van der Waals surface area contributed by atoms with Gasteiger partial charge in [-0.1, -0.05) is 12.1 Å². The molecule has 3 heterocycles. The molecule has 0 unspecified atom stereocenters. The second-order valence-corrected chi connectivity index (χ2v) is 7.56. The number of halogens is 3. The van der Waals surface area contributed by atoms with Gasteiger partial charge in [0, 0.05) is 37.7 Å². The lowest BCUT2D eigenvalue weighted by Crippen LogP contribution is -2.29. The smallest absolute Gasteiger partial charge is 0.381 e. The summed E-state index contributed by atoms with van der Waals surface area (Å²) in [5, 5.41) is 5.96. The van der Waals surface area contributed by atoms with Gasteiger partial charge >= 0.3 is 6.18 Å². The third kappa shape index (κ3) is 4.79. The molecule has 0 spiro atoms. The molecule has 1 saturated heterocycles. The topological polar surface area (TPSA) is 80.6 Å². The zero-order chi connectivity index (χ0) is 22.0. The van der Waals surface area contributed by atoms with Gasteiger partial charge in [-0.3, -0.25) is 4.79 Å². The minimum atomic E-state index is -4.41. The van der Waals surface area contributed by atoms with Crippen LogP contribution in [0, 0.1) is 5.92 Å². The van der Waals surface area contributed by atoms with Gasteiger partial charge < -0.3 is 19.8 Å². The highest BCUT2D eigenvalue weighted by Crippen LogP contribution is 2.31. The fraction of sp³-hybridized carbons (Fsp3) is 0.381. The van der Waals surface area contributed by atoms with Crippen LogP contribution in [0.5, 0.6) is 0 Å². The number of hydrogen-bond donors (Lipinski definition) is 2. The van der Waals surface area contributed by atoms with Gasteiger partial charge in [-0.05, 0) is 31.0 Å². The van der Waals surface area contributed by atoms with Gasteiger partial charge in [0.15, 0.2) is 11.5 Å². The van der Waals surface area contributed by atoms with Crippen LogP contribution in [0.4, 0.5) is 19.0 Å². The zero-order valence-corrected chi connectivity index (χ0v) is 16.8. The van der Waals surface area contributed by atoms with Gasteiger partial charge in [-0.25, -0.2) is 9.97 Å². The van der Waals surface area contributed by atoms with E-state index in [4.69, 9.17) is 4.74 Å². The van der Waals surface area contributed by atoms with E-state index in [2.05, 4.69) is 20.6 Å². The number of fused-ring (bicyclic) bond motifs is 1. The number of imidazole rings is 1. The standard InChI is InChI=1S/C21H22F3N5O2/c1-13(15-3-2-4-16(9-15)21(22,23)24)27-18-19-28-17(11-29(19)7-6-25-18)20(30)26-10-14-5-8-31-12-14/h2-4,6-7,9,11,13-14H,5,8,10,12H2,1H3,(H,25,27)(H,26,30)/t13-,14-/m1/s1. The minimum absolute atomic E-state index is 0.238. The van der Waals surface area contributed by atoms with E-state index >= 15 is 0 Å². The first-order chi connectivity index (χ1) is 14.8. The van der Waals surface area contributed by atoms with E-state index in [-0.39, 0.29) is 11.6 Å². The summed E-state index contributed by atoms with van der Waals surface area (Å²) in [7, 11) is 0. The molecule has 1 aliphatic rings. The molecule has 2 N–H and O–H groups in total. The number of nitrogens with zero attached hydrogens (tertiary/aromatic N) is 3. The number of nitrogens with one attached hydrogen (secondary N) is 2. The third-order valence-corrected chi connectivity index (χ3v) is 5.25. The predicted molar refractivity (Wildman–Crippen MR) is 108 cm³/mol. The lowest BCUT2D eigenvalue weighted by Gasteiger charge is -2.17.